The minimum absolute atomic E-state index is 0.794. The average molecular weight is 151 g/mol. The smallest absolute Gasteiger partial charge is 0.0396 e. The number of hydrogen-bond donors (Lipinski definition) is 1. The second-order valence-corrected chi connectivity index (χ2v) is 4.08. The van der Waals surface area contributed by atoms with Crippen LogP contribution in [0, 0.1) is 12.5 Å². The molecule has 3 atom stereocenters. The number of hydrogen-bond acceptors (Lipinski definition) is 2. The quantitative estimate of drug-likeness (QED) is 0.545. The summed E-state index contributed by atoms with van der Waals surface area (Å²) in [6.45, 7) is 4.77. The molecule has 0 spiro atoms. The Kier molecular flexibility index (Phi) is 1.29. The van der Waals surface area contributed by atoms with Gasteiger partial charge in [-0.1, -0.05) is 0 Å². The number of nitrogens with zero attached hydrogens (tertiary/aromatic N) is 1. The van der Waals surface area contributed by atoms with E-state index in [9.17, 15) is 0 Å². The average Bonchev–Trinajstić information content (AvgIpc) is 2.64. The van der Waals surface area contributed by atoms with Crippen molar-refractivity contribution in [3.8, 4) is 0 Å². The third-order valence-corrected chi connectivity index (χ3v) is 3.58. The van der Waals surface area contributed by atoms with Crippen molar-refractivity contribution in [2.75, 3.05) is 13.1 Å². The molecule has 3 aliphatic rings. The largest absolute Gasteiger partial charge is 0.310 e. The van der Waals surface area contributed by atoms with Crippen LogP contribution in [-0.2, 0) is 0 Å². The Bertz CT molecular complexity index is 151. The summed E-state index contributed by atoms with van der Waals surface area (Å²) in [6.07, 6.45) is 4.42. The monoisotopic (exact) mass is 151 g/mol. The molecule has 2 bridgehead atoms. The van der Waals surface area contributed by atoms with Gasteiger partial charge in [0.25, 0.3) is 0 Å². The second-order valence-electron chi connectivity index (χ2n) is 4.08. The molecule has 61 valence electrons. The van der Waals surface area contributed by atoms with Crippen molar-refractivity contribution in [3.05, 3.63) is 6.54 Å². The lowest BCUT2D eigenvalue weighted by Gasteiger charge is -2.38. The minimum atomic E-state index is 0.794. The maximum atomic E-state index is 3.37. The van der Waals surface area contributed by atoms with Crippen molar-refractivity contribution in [1.29, 1.82) is 0 Å². The lowest BCUT2D eigenvalue weighted by atomic mass is 9.97. The van der Waals surface area contributed by atoms with Crippen molar-refractivity contribution >= 4 is 0 Å². The van der Waals surface area contributed by atoms with E-state index in [-0.39, 0.29) is 0 Å². The minimum Gasteiger partial charge on any atom is -0.310 e. The first-order valence-electron chi connectivity index (χ1n) is 4.77. The van der Waals surface area contributed by atoms with E-state index in [0.717, 1.165) is 18.0 Å². The number of fused-ring (bicyclic) bond motifs is 5. The molecule has 3 fully saturated rings. The summed E-state index contributed by atoms with van der Waals surface area (Å²) in [6, 6.07) is 1.74. The molecule has 2 heteroatoms. The lowest BCUT2D eigenvalue weighted by molar-refractivity contribution is 0.134. The van der Waals surface area contributed by atoms with Crippen molar-refractivity contribution in [3.63, 3.8) is 0 Å². The van der Waals surface area contributed by atoms with Crippen molar-refractivity contribution in [2.45, 2.75) is 31.3 Å². The van der Waals surface area contributed by atoms with Crippen LogP contribution in [0.5, 0.6) is 0 Å². The molecule has 3 rings (SSSR count). The van der Waals surface area contributed by atoms with Crippen LogP contribution in [0.15, 0.2) is 0 Å². The van der Waals surface area contributed by atoms with Crippen LogP contribution in [0.25, 0.3) is 0 Å². The van der Waals surface area contributed by atoms with E-state index >= 15 is 0 Å². The zero-order valence-electron chi connectivity index (χ0n) is 6.79. The summed E-state index contributed by atoms with van der Waals surface area (Å²) in [5.41, 5.74) is 0. The summed E-state index contributed by atoms with van der Waals surface area (Å²) in [4.78, 5) is 2.70. The number of piperidine rings is 1. The predicted molar refractivity (Wildman–Crippen MR) is 43.9 cm³/mol. The van der Waals surface area contributed by atoms with Gasteiger partial charge in [-0.05, 0) is 25.2 Å². The molecule has 3 unspecified atom stereocenters. The molecule has 1 saturated carbocycles. The fourth-order valence-corrected chi connectivity index (χ4v) is 3.08. The van der Waals surface area contributed by atoms with E-state index in [1.54, 1.807) is 0 Å². The highest BCUT2D eigenvalue weighted by molar-refractivity contribution is 5.06. The van der Waals surface area contributed by atoms with E-state index in [0.29, 0.717) is 0 Å². The van der Waals surface area contributed by atoms with Gasteiger partial charge in [0, 0.05) is 31.7 Å². The molecule has 2 nitrogen and oxygen atoms in total. The first-order valence-corrected chi connectivity index (χ1v) is 4.77. The predicted octanol–water partition coefficient (Wildman–Crippen LogP) is 0.604. The Morgan fingerprint density at radius 3 is 3.27 bits per heavy atom. The molecule has 1 radical (unpaired) electrons. The van der Waals surface area contributed by atoms with Crippen LogP contribution < -0.4 is 5.32 Å². The zero-order chi connectivity index (χ0) is 7.26. The number of rotatable bonds is 0. The maximum absolute atomic E-state index is 3.37. The fraction of sp³-hybridized carbons (Fsp3) is 0.889. The van der Waals surface area contributed by atoms with Crippen LogP contribution in [0.3, 0.4) is 0 Å². The molecule has 0 aromatic rings. The van der Waals surface area contributed by atoms with Gasteiger partial charge in [0.1, 0.15) is 0 Å². The summed E-state index contributed by atoms with van der Waals surface area (Å²) in [7, 11) is 0. The number of piperazine rings is 1. The van der Waals surface area contributed by atoms with Crippen LogP contribution in [-0.4, -0.2) is 30.1 Å². The molecular weight excluding hydrogens is 136 g/mol. The van der Waals surface area contributed by atoms with Gasteiger partial charge in [-0.15, -0.1) is 0 Å². The summed E-state index contributed by atoms with van der Waals surface area (Å²) >= 11 is 0. The third-order valence-electron chi connectivity index (χ3n) is 3.58. The zero-order valence-corrected chi connectivity index (χ0v) is 6.79. The molecule has 0 aromatic heterocycles. The number of nitrogens with one attached hydrogen (secondary N) is 1. The van der Waals surface area contributed by atoms with Gasteiger partial charge in [0.2, 0.25) is 0 Å². The molecule has 11 heavy (non-hydrogen) atoms. The molecule has 0 amide bonds. The van der Waals surface area contributed by atoms with Gasteiger partial charge in [-0.2, -0.15) is 0 Å². The van der Waals surface area contributed by atoms with Gasteiger partial charge in [-0.25, -0.2) is 0 Å². The fourth-order valence-electron chi connectivity index (χ4n) is 3.08. The van der Waals surface area contributed by atoms with Crippen LogP contribution in [0.4, 0.5) is 0 Å². The summed E-state index contributed by atoms with van der Waals surface area (Å²) in [5, 5.41) is 3.37. The Morgan fingerprint density at radius 1 is 1.36 bits per heavy atom. The lowest BCUT2D eigenvalue weighted by Crippen LogP contribution is -2.51. The Labute approximate surface area is 68.0 Å². The Balaban J connectivity index is 1.84. The topological polar surface area (TPSA) is 15.3 Å². The Morgan fingerprint density at radius 2 is 2.36 bits per heavy atom. The summed E-state index contributed by atoms with van der Waals surface area (Å²) < 4.78 is 0. The van der Waals surface area contributed by atoms with Gasteiger partial charge < -0.3 is 5.32 Å². The van der Waals surface area contributed by atoms with E-state index in [4.69, 9.17) is 0 Å². The van der Waals surface area contributed by atoms with Crippen molar-refractivity contribution in [2.24, 2.45) is 5.92 Å². The molecule has 2 aliphatic heterocycles. The van der Waals surface area contributed by atoms with Gasteiger partial charge >= 0.3 is 0 Å². The highest BCUT2D eigenvalue weighted by atomic mass is 15.3. The maximum Gasteiger partial charge on any atom is 0.0396 e. The van der Waals surface area contributed by atoms with Gasteiger partial charge in [0.05, 0.1) is 0 Å². The highest BCUT2D eigenvalue weighted by Crippen LogP contribution is 2.43. The standard InChI is InChI=1S/C9H15N2/c1-2-8-5-7(1)9-6-10-3-4-11(8)9/h6-10H,1-5H2. The van der Waals surface area contributed by atoms with E-state index in [1.807, 2.05) is 0 Å². The van der Waals surface area contributed by atoms with Gasteiger partial charge in [0.15, 0.2) is 0 Å². The Hall–Kier alpha value is -0.0800. The molecule has 2 saturated heterocycles. The molecule has 1 aliphatic carbocycles. The van der Waals surface area contributed by atoms with Crippen LogP contribution >= 0.6 is 0 Å². The normalized spacial score (nSPS) is 49.6. The third kappa shape index (κ3) is 0.798. The van der Waals surface area contributed by atoms with E-state index in [1.165, 1.54) is 32.4 Å². The molecule has 2 heterocycles. The molecular formula is C9H15N2. The van der Waals surface area contributed by atoms with Crippen LogP contribution in [0.2, 0.25) is 0 Å². The van der Waals surface area contributed by atoms with Crippen molar-refractivity contribution < 1.29 is 0 Å². The van der Waals surface area contributed by atoms with Crippen LogP contribution in [0.1, 0.15) is 19.3 Å². The first kappa shape index (κ1) is 6.44. The molecule has 1 N–H and O–H groups in total. The van der Waals surface area contributed by atoms with Crippen molar-refractivity contribution in [1.82, 2.24) is 10.2 Å². The van der Waals surface area contributed by atoms with E-state index in [2.05, 4.69) is 16.8 Å². The SMILES string of the molecule is [CH]1NCCN2C3CCC(C3)C12. The first-order chi connectivity index (χ1) is 5.45. The highest BCUT2D eigenvalue weighted by Gasteiger charge is 2.46. The van der Waals surface area contributed by atoms with Gasteiger partial charge in [-0.3, -0.25) is 4.90 Å². The van der Waals surface area contributed by atoms with E-state index < -0.39 is 0 Å². The molecule has 0 aromatic carbocycles. The second kappa shape index (κ2) is 2.20. The summed E-state index contributed by atoms with van der Waals surface area (Å²) in [5.74, 6) is 0.993.